The van der Waals surface area contributed by atoms with Crippen molar-refractivity contribution in [3.63, 3.8) is 0 Å². The summed E-state index contributed by atoms with van der Waals surface area (Å²) in [6, 6.07) is 3.99. The summed E-state index contributed by atoms with van der Waals surface area (Å²) in [6.07, 6.45) is 0.932. The molecule has 0 aliphatic heterocycles. The summed E-state index contributed by atoms with van der Waals surface area (Å²) in [5.41, 5.74) is 13.6. The van der Waals surface area contributed by atoms with Crippen LogP contribution in [0.4, 0.5) is 17.5 Å². The summed E-state index contributed by atoms with van der Waals surface area (Å²) < 4.78 is 0. The molecule has 3 aromatic rings. The number of carboxylic acids is 2. The van der Waals surface area contributed by atoms with Crippen molar-refractivity contribution in [3.8, 4) is 0 Å². The number of benzene rings is 1. The van der Waals surface area contributed by atoms with Gasteiger partial charge in [-0.2, -0.15) is 9.97 Å². The molecule has 0 radical (unpaired) electrons. The van der Waals surface area contributed by atoms with Gasteiger partial charge in [0.2, 0.25) is 11.9 Å². The fourth-order valence-corrected chi connectivity index (χ4v) is 3.41. The van der Waals surface area contributed by atoms with E-state index < -0.39 is 42.3 Å². The Balaban J connectivity index is 1.68. The predicted molar refractivity (Wildman–Crippen MR) is 136 cm³/mol. The fourth-order valence-electron chi connectivity index (χ4n) is 3.41. The molecule has 0 spiro atoms. The number of nitrogens with one attached hydrogen (secondary N) is 2. The number of anilines is 3. The Labute approximate surface area is 216 Å². The fraction of sp³-hybridized carbons (Fsp3) is 0.304. The average molecular weight is 526 g/mol. The second kappa shape index (κ2) is 11.8. The third kappa shape index (κ3) is 6.99. The zero-order chi connectivity index (χ0) is 28.0. The lowest BCUT2D eigenvalue weighted by Gasteiger charge is -2.21. The maximum atomic E-state index is 12.8. The van der Waals surface area contributed by atoms with Crippen molar-refractivity contribution in [2.45, 2.75) is 38.4 Å². The van der Waals surface area contributed by atoms with Gasteiger partial charge in [0.1, 0.15) is 12.1 Å². The first-order valence-electron chi connectivity index (χ1n) is 11.4. The normalized spacial score (nSPS) is 12.4. The van der Waals surface area contributed by atoms with Crippen LogP contribution in [0.1, 0.15) is 35.8 Å². The molecule has 0 saturated heterocycles. The molecule has 0 aliphatic carbocycles. The number of hydrogen-bond acceptors (Lipinski definition) is 11. The van der Waals surface area contributed by atoms with E-state index in [9.17, 15) is 19.2 Å². The zero-order valence-electron chi connectivity index (χ0n) is 20.6. The van der Waals surface area contributed by atoms with Gasteiger partial charge in [0.25, 0.3) is 5.91 Å². The van der Waals surface area contributed by atoms with Crippen LogP contribution in [-0.2, 0) is 20.9 Å². The van der Waals surface area contributed by atoms with Crippen LogP contribution < -0.4 is 27.0 Å². The van der Waals surface area contributed by atoms with E-state index in [2.05, 4.69) is 30.6 Å². The Morgan fingerprint density at radius 1 is 1.03 bits per heavy atom. The number of fused-ring (bicyclic) bond motifs is 1. The van der Waals surface area contributed by atoms with Crippen molar-refractivity contribution in [1.29, 1.82) is 0 Å². The van der Waals surface area contributed by atoms with Gasteiger partial charge in [0.15, 0.2) is 17.0 Å². The minimum atomic E-state index is -1.27. The minimum absolute atomic E-state index is 0.00180. The summed E-state index contributed by atoms with van der Waals surface area (Å²) in [6.45, 7) is 1.60. The number of carbonyl (C=O) groups excluding carboxylic acids is 2. The van der Waals surface area contributed by atoms with Crippen molar-refractivity contribution in [2.75, 3.05) is 23.4 Å². The van der Waals surface area contributed by atoms with E-state index in [-0.39, 0.29) is 29.4 Å². The van der Waals surface area contributed by atoms with Crippen molar-refractivity contribution < 1.29 is 29.4 Å². The van der Waals surface area contributed by atoms with Gasteiger partial charge in [-0.1, -0.05) is 0 Å². The smallest absolute Gasteiger partial charge is 0.325 e. The van der Waals surface area contributed by atoms with Gasteiger partial charge in [0.05, 0.1) is 18.4 Å². The standard InChI is InChI=1S/C23H27N9O6/c1-11(22(37)38)27-21(36)15(7-8-16(33)34)29-20(35)12-3-5-14(6-4-12)32(2)10-13-9-26-19-17(28-13)18(24)30-23(25)31-19/h3-6,9,11,15H,7-8,10H2,1-2H3,(H,27,36)(H,29,35)(H,33,34)(H,37,38)(H4,24,25,26,30,31)/t11-,15-/m0/s1. The molecular formula is C23H27N9O6. The quantitative estimate of drug-likeness (QED) is 0.190. The molecule has 1 aromatic carbocycles. The van der Waals surface area contributed by atoms with Crippen LogP contribution in [0.2, 0.25) is 0 Å². The molecule has 15 heteroatoms. The second-order valence-electron chi connectivity index (χ2n) is 8.43. The van der Waals surface area contributed by atoms with E-state index in [4.69, 9.17) is 21.7 Å². The van der Waals surface area contributed by atoms with Crippen molar-refractivity contribution in [2.24, 2.45) is 0 Å². The van der Waals surface area contributed by atoms with E-state index in [1.165, 1.54) is 19.1 Å². The van der Waals surface area contributed by atoms with E-state index in [0.29, 0.717) is 17.8 Å². The zero-order valence-corrected chi connectivity index (χ0v) is 20.6. The molecule has 15 nitrogen and oxygen atoms in total. The highest BCUT2D eigenvalue weighted by molar-refractivity contribution is 5.98. The monoisotopic (exact) mass is 525 g/mol. The van der Waals surface area contributed by atoms with Crippen molar-refractivity contribution >= 4 is 52.4 Å². The minimum Gasteiger partial charge on any atom is -0.481 e. The second-order valence-corrected chi connectivity index (χ2v) is 8.43. The van der Waals surface area contributed by atoms with E-state index in [1.807, 2.05) is 4.90 Å². The first kappa shape index (κ1) is 27.5. The SMILES string of the molecule is C[C@H](NC(=O)[C@H](CCC(=O)O)NC(=O)c1ccc(N(C)Cc2cnc3nc(N)nc(N)c3n2)cc1)C(=O)O. The number of nitrogen functional groups attached to an aromatic ring is 2. The summed E-state index contributed by atoms with van der Waals surface area (Å²) >= 11 is 0. The lowest BCUT2D eigenvalue weighted by Crippen LogP contribution is -2.50. The average Bonchev–Trinajstić information content (AvgIpc) is 2.86. The van der Waals surface area contributed by atoms with Gasteiger partial charge in [-0.05, 0) is 37.6 Å². The van der Waals surface area contributed by atoms with Crippen molar-refractivity contribution in [3.05, 3.63) is 41.7 Å². The number of carboxylic acid groups (broad SMARTS) is 2. The van der Waals surface area contributed by atoms with Crippen LogP contribution in [0.5, 0.6) is 0 Å². The van der Waals surface area contributed by atoms with Crippen LogP contribution in [0.3, 0.4) is 0 Å². The molecule has 3 rings (SSSR count). The lowest BCUT2D eigenvalue weighted by atomic mass is 10.1. The van der Waals surface area contributed by atoms with Crippen LogP contribution in [0, 0.1) is 0 Å². The van der Waals surface area contributed by atoms with Gasteiger partial charge in [-0.25, -0.2) is 9.97 Å². The topological polar surface area (TPSA) is 240 Å². The molecule has 200 valence electrons. The van der Waals surface area contributed by atoms with Gasteiger partial charge < -0.3 is 37.2 Å². The third-order valence-corrected chi connectivity index (χ3v) is 5.47. The molecule has 0 aliphatic rings. The molecule has 0 unspecified atom stereocenters. The summed E-state index contributed by atoms with van der Waals surface area (Å²) in [4.78, 5) is 65.6. The number of nitrogens with two attached hydrogens (primary N) is 2. The Kier molecular flexibility index (Phi) is 8.52. The summed E-state index contributed by atoms with van der Waals surface area (Å²) in [7, 11) is 1.81. The van der Waals surface area contributed by atoms with Crippen molar-refractivity contribution in [1.82, 2.24) is 30.6 Å². The maximum Gasteiger partial charge on any atom is 0.325 e. The highest BCUT2D eigenvalue weighted by atomic mass is 16.4. The number of nitrogens with zero attached hydrogens (tertiary/aromatic N) is 5. The molecular weight excluding hydrogens is 498 g/mol. The van der Waals surface area contributed by atoms with Gasteiger partial charge in [-0.15, -0.1) is 0 Å². The number of carbonyl (C=O) groups is 4. The maximum absolute atomic E-state index is 12.8. The number of amides is 2. The van der Waals surface area contributed by atoms with Crippen LogP contribution in [0.25, 0.3) is 11.2 Å². The first-order valence-corrected chi connectivity index (χ1v) is 11.4. The molecule has 2 aromatic heterocycles. The van der Waals surface area contributed by atoms with E-state index >= 15 is 0 Å². The highest BCUT2D eigenvalue weighted by Crippen LogP contribution is 2.19. The summed E-state index contributed by atoms with van der Waals surface area (Å²) in [5, 5.41) is 22.7. The first-order chi connectivity index (χ1) is 17.9. The molecule has 2 amide bonds. The molecule has 8 N–H and O–H groups in total. The van der Waals surface area contributed by atoms with Crippen LogP contribution in [0.15, 0.2) is 30.5 Å². The highest BCUT2D eigenvalue weighted by Gasteiger charge is 2.25. The van der Waals surface area contributed by atoms with Gasteiger partial charge in [0, 0.05) is 24.7 Å². The Hall–Kier alpha value is -5.08. The van der Waals surface area contributed by atoms with E-state index in [0.717, 1.165) is 5.69 Å². The Morgan fingerprint density at radius 2 is 1.71 bits per heavy atom. The largest absolute Gasteiger partial charge is 0.481 e. The number of aromatic nitrogens is 4. The number of aliphatic carboxylic acids is 2. The molecule has 2 heterocycles. The molecule has 38 heavy (non-hydrogen) atoms. The van der Waals surface area contributed by atoms with Gasteiger partial charge >= 0.3 is 11.9 Å². The molecule has 0 fully saturated rings. The molecule has 0 bridgehead atoms. The Bertz CT molecular complexity index is 1370. The molecule has 2 atom stereocenters. The van der Waals surface area contributed by atoms with Crippen LogP contribution >= 0.6 is 0 Å². The van der Waals surface area contributed by atoms with E-state index in [1.54, 1.807) is 25.4 Å². The Morgan fingerprint density at radius 3 is 2.34 bits per heavy atom. The van der Waals surface area contributed by atoms with Gasteiger partial charge in [-0.3, -0.25) is 19.2 Å². The summed E-state index contributed by atoms with van der Waals surface area (Å²) in [5.74, 6) is -3.72. The third-order valence-electron chi connectivity index (χ3n) is 5.47. The number of hydrogen-bond donors (Lipinski definition) is 6. The predicted octanol–water partition coefficient (Wildman–Crippen LogP) is -0.227. The molecule has 0 saturated carbocycles. The van der Waals surface area contributed by atoms with Crippen LogP contribution in [-0.4, -0.2) is 73.0 Å². The number of rotatable bonds is 11. The lowest BCUT2D eigenvalue weighted by molar-refractivity contribution is -0.142.